The smallest absolute Gasteiger partial charge is 0.127 e. The fraction of sp³-hybridized carbons (Fsp3) is 0.250. The van der Waals surface area contributed by atoms with Crippen LogP contribution in [0, 0.1) is 18.3 Å². The Morgan fingerprint density at radius 2 is 2.00 bits per heavy atom. The van der Waals surface area contributed by atoms with Crippen molar-refractivity contribution < 1.29 is 0 Å². The summed E-state index contributed by atoms with van der Waals surface area (Å²) in [6, 6.07) is 16.3. The van der Waals surface area contributed by atoms with Gasteiger partial charge in [0.25, 0.3) is 0 Å². The molecular weight excluding hydrogens is 234 g/mol. The van der Waals surface area contributed by atoms with Crippen molar-refractivity contribution >= 4 is 5.82 Å². The number of benzene rings is 1. The topological polar surface area (TPSA) is 48.7 Å². The molecule has 0 spiro atoms. The summed E-state index contributed by atoms with van der Waals surface area (Å²) in [5.41, 5.74) is 2.78. The first-order chi connectivity index (χ1) is 9.17. The third-order valence-electron chi connectivity index (χ3n) is 2.86. The molecule has 0 saturated heterocycles. The van der Waals surface area contributed by atoms with Crippen LogP contribution in [0.2, 0.25) is 0 Å². The van der Waals surface area contributed by atoms with Crippen molar-refractivity contribution in [2.45, 2.75) is 26.3 Å². The van der Waals surface area contributed by atoms with Crippen LogP contribution in [0.3, 0.4) is 0 Å². The van der Waals surface area contributed by atoms with Crippen LogP contribution in [0.5, 0.6) is 0 Å². The van der Waals surface area contributed by atoms with Crippen LogP contribution < -0.4 is 5.32 Å². The van der Waals surface area contributed by atoms with Crippen LogP contribution >= 0.6 is 0 Å². The number of aromatic nitrogens is 1. The van der Waals surface area contributed by atoms with E-state index < -0.39 is 0 Å². The van der Waals surface area contributed by atoms with Crippen LogP contribution in [-0.2, 0) is 6.42 Å². The van der Waals surface area contributed by atoms with Crippen molar-refractivity contribution in [3.05, 3.63) is 59.3 Å². The molecule has 1 N–H and O–H groups in total. The van der Waals surface area contributed by atoms with Crippen LogP contribution in [0.4, 0.5) is 5.82 Å². The summed E-state index contributed by atoms with van der Waals surface area (Å²) in [5, 5.41) is 12.3. The molecule has 2 aromatic rings. The second kappa shape index (κ2) is 6.01. The van der Waals surface area contributed by atoms with E-state index in [4.69, 9.17) is 5.26 Å². The Hall–Kier alpha value is -2.34. The molecule has 1 atom stereocenters. The van der Waals surface area contributed by atoms with E-state index in [9.17, 15) is 0 Å². The van der Waals surface area contributed by atoms with Crippen LogP contribution in [0.15, 0.2) is 42.5 Å². The highest BCUT2D eigenvalue weighted by molar-refractivity contribution is 5.45. The average Bonchev–Trinajstić information content (AvgIpc) is 2.38. The van der Waals surface area contributed by atoms with Gasteiger partial charge in [0, 0.05) is 11.7 Å². The molecule has 0 amide bonds. The Labute approximate surface area is 113 Å². The molecule has 0 saturated carbocycles. The summed E-state index contributed by atoms with van der Waals surface area (Å²) in [5.74, 6) is 0.764. The van der Waals surface area contributed by atoms with E-state index in [0.717, 1.165) is 17.9 Å². The van der Waals surface area contributed by atoms with Crippen molar-refractivity contribution in [2.24, 2.45) is 0 Å². The molecule has 0 bridgehead atoms. The Morgan fingerprint density at radius 3 is 2.68 bits per heavy atom. The van der Waals surface area contributed by atoms with Gasteiger partial charge in [0.15, 0.2) is 0 Å². The maximum Gasteiger partial charge on any atom is 0.127 e. The SMILES string of the molecule is Cc1cc(C#N)cc(NC(C)Cc2ccccc2)n1. The fourth-order valence-corrected chi connectivity index (χ4v) is 2.08. The molecule has 0 aliphatic heterocycles. The number of nitrogens with one attached hydrogen (secondary N) is 1. The number of nitrogens with zero attached hydrogens (tertiary/aromatic N) is 2. The van der Waals surface area contributed by atoms with Gasteiger partial charge in [-0.3, -0.25) is 0 Å². The van der Waals surface area contributed by atoms with E-state index >= 15 is 0 Å². The van der Waals surface area contributed by atoms with Gasteiger partial charge >= 0.3 is 0 Å². The van der Waals surface area contributed by atoms with Gasteiger partial charge in [-0.15, -0.1) is 0 Å². The van der Waals surface area contributed by atoms with E-state index in [0.29, 0.717) is 5.56 Å². The average molecular weight is 251 g/mol. The molecule has 1 aromatic heterocycles. The van der Waals surface area contributed by atoms with Gasteiger partial charge in [-0.1, -0.05) is 30.3 Å². The number of aryl methyl sites for hydroxylation is 1. The lowest BCUT2D eigenvalue weighted by Gasteiger charge is -2.15. The maximum absolute atomic E-state index is 8.95. The van der Waals surface area contributed by atoms with E-state index in [1.54, 1.807) is 12.1 Å². The molecule has 0 radical (unpaired) electrons. The van der Waals surface area contributed by atoms with E-state index in [1.165, 1.54) is 5.56 Å². The summed E-state index contributed by atoms with van der Waals surface area (Å²) in [6.07, 6.45) is 0.929. The van der Waals surface area contributed by atoms with Crippen molar-refractivity contribution in [3.63, 3.8) is 0 Å². The first kappa shape index (κ1) is 13.1. The molecular formula is C16H17N3. The quantitative estimate of drug-likeness (QED) is 0.907. The fourth-order valence-electron chi connectivity index (χ4n) is 2.08. The summed E-state index contributed by atoms with van der Waals surface area (Å²) in [6.45, 7) is 4.01. The predicted molar refractivity (Wildman–Crippen MR) is 76.9 cm³/mol. The lowest BCUT2D eigenvalue weighted by molar-refractivity contribution is 0.783. The zero-order valence-corrected chi connectivity index (χ0v) is 11.2. The molecule has 0 aliphatic carbocycles. The zero-order valence-electron chi connectivity index (χ0n) is 11.2. The van der Waals surface area contributed by atoms with Crippen molar-refractivity contribution in [1.82, 2.24) is 4.98 Å². The summed E-state index contributed by atoms with van der Waals surface area (Å²) < 4.78 is 0. The number of nitriles is 1. The van der Waals surface area contributed by atoms with Gasteiger partial charge in [0.2, 0.25) is 0 Å². The molecule has 0 aliphatic rings. The van der Waals surface area contributed by atoms with Crippen LogP contribution in [-0.4, -0.2) is 11.0 Å². The number of hydrogen-bond donors (Lipinski definition) is 1. The van der Waals surface area contributed by atoms with Gasteiger partial charge in [0.05, 0.1) is 11.6 Å². The number of rotatable bonds is 4. The van der Waals surface area contributed by atoms with Crippen molar-refractivity contribution in [3.8, 4) is 6.07 Å². The maximum atomic E-state index is 8.95. The minimum absolute atomic E-state index is 0.267. The molecule has 1 aromatic carbocycles. The van der Waals surface area contributed by atoms with Gasteiger partial charge < -0.3 is 5.32 Å². The summed E-state index contributed by atoms with van der Waals surface area (Å²) in [4.78, 5) is 4.40. The molecule has 19 heavy (non-hydrogen) atoms. The Morgan fingerprint density at radius 1 is 1.26 bits per heavy atom. The highest BCUT2D eigenvalue weighted by atomic mass is 15.0. The molecule has 1 unspecified atom stereocenters. The van der Waals surface area contributed by atoms with E-state index in [-0.39, 0.29) is 6.04 Å². The van der Waals surface area contributed by atoms with Crippen LogP contribution in [0.25, 0.3) is 0 Å². The van der Waals surface area contributed by atoms with Crippen LogP contribution in [0.1, 0.15) is 23.7 Å². The molecule has 3 heteroatoms. The van der Waals surface area contributed by atoms with Gasteiger partial charge in [-0.2, -0.15) is 5.26 Å². The molecule has 2 rings (SSSR count). The third-order valence-corrected chi connectivity index (χ3v) is 2.86. The summed E-state index contributed by atoms with van der Waals surface area (Å²) >= 11 is 0. The molecule has 3 nitrogen and oxygen atoms in total. The largest absolute Gasteiger partial charge is 0.367 e. The highest BCUT2D eigenvalue weighted by Gasteiger charge is 2.06. The molecule has 96 valence electrons. The Kier molecular flexibility index (Phi) is 4.15. The number of anilines is 1. The number of pyridine rings is 1. The standard InChI is InChI=1S/C16H17N3/c1-12(8-14-6-4-3-5-7-14)18-16-10-15(11-17)9-13(2)19-16/h3-7,9-10,12H,8H2,1-2H3,(H,18,19). The second-order valence-corrected chi connectivity index (χ2v) is 4.73. The van der Waals surface area contributed by atoms with Gasteiger partial charge in [0.1, 0.15) is 5.82 Å². The highest BCUT2D eigenvalue weighted by Crippen LogP contribution is 2.12. The minimum Gasteiger partial charge on any atom is -0.367 e. The minimum atomic E-state index is 0.267. The van der Waals surface area contributed by atoms with E-state index in [1.807, 2.05) is 25.1 Å². The first-order valence-corrected chi connectivity index (χ1v) is 6.36. The van der Waals surface area contributed by atoms with Crippen molar-refractivity contribution in [1.29, 1.82) is 5.26 Å². The Balaban J connectivity index is 2.05. The van der Waals surface area contributed by atoms with E-state index in [2.05, 4.69) is 35.4 Å². The monoisotopic (exact) mass is 251 g/mol. The summed E-state index contributed by atoms with van der Waals surface area (Å²) in [7, 11) is 0. The molecule has 0 fully saturated rings. The lowest BCUT2D eigenvalue weighted by Crippen LogP contribution is -2.19. The second-order valence-electron chi connectivity index (χ2n) is 4.73. The van der Waals surface area contributed by atoms with Gasteiger partial charge in [-0.25, -0.2) is 4.98 Å². The first-order valence-electron chi connectivity index (χ1n) is 6.36. The Bertz CT molecular complexity index is 585. The van der Waals surface area contributed by atoms with Gasteiger partial charge in [-0.05, 0) is 38.0 Å². The molecule has 1 heterocycles. The third kappa shape index (κ3) is 3.82. The lowest BCUT2D eigenvalue weighted by atomic mass is 10.1. The zero-order chi connectivity index (χ0) is 13.7. The normalized spacial score (nSPS) is 11.6. The van der Waals surface area contributed by atoms with Crippen molar-refractivity contribution in [2.75, 3.05) is 5.32 Å². The predicted octanol–water partition coefficient (Wildman–Crippen LogP) is 3.30. The number of hydrogen-bond acceptors (Lipinski definition) is 3.